The van der Waals surface area contributed by atoms with Crippen LogP contribution in [0.4, 0.5) is 0 Å². The van der Waals surface area contributed by atoms with Crippen LogP contribution in [0.15, 0.2) is 29.8 Å². The van der Waals surface area contributed by atoms with Gasteiger partial charge in [-0.2, -0.15) is 0 Å². The van der Waals surface area contributed by atoms with Gasteiger partial charge in [-0.25, -0.2) is 0 Å². The second-order valence-electron chi connectivity index (χ2n) is 7.26. The van der Waals surface area contributed by atoms with Crippen molar-refractivity contribution in [2.45, 2.75) is 51.0 Å². The molecule has 21 heavy (non-hydrogen) atoms. The summed E-state index contributed by atoms with van der Waals surface area (Å²) in [4.78, 5) is 0. The van der Waals surface area contributed by atoms with Gasteiger partial charge < -0.3 is 9.84 Å². The number of hydrogen-bond acceptors (Lipinski definition) is 2. The molecule has 3 aliphatic carbocycles. The maximum absolute atomic E-state index is 9.99. The molecule has 0 aliphatic heterocycles. The Bertz CT molecular complexity index is 604. The van der Waals surface area contributed by atoms with Gasteiger partial charge in [-0.1, -0.05) is 24.6 Å². The first-order valence-electron chi connectivity index (χ1n) is 8.16. The Morgan fingerprint density at radius 2 is 2.14 bits per heavy atom. The molecule has 1 aromatic rings. The maximum atomic E-state index is 9.99. The lowest BCUT2D eigenvalue weighted by molar-refractivity contribution is 0.0711. The molecule has 0 bridgehead atoms. The molecule has 2 heteroatoms. The van der Waals surface area contributed by atoms with E-state index in [-0.39, 0.29) is 11.5 Å². The van der Waals surface area contributed by atoms with E-state index in [1.54, 1.807) is 7.11 Å². The highest BCUT2D eigenvalue weighted by molar-refractivity contribution is 5.45. The first-order chi connectivity index (χ1) is 10.1. The van der Waals surface area contributed by atoms with Crippen LogP contribution in [0.1, 0.15) is 49.7 Å². The highest BCUT2D eigenvalue weighted by Gasteiger charge is 2.49. The first-order valence-corrected chi connectivity index (χ1v) is 8.16. The molecule has 1 saturated carbocycles. The molecule has 0 aromatic heterocycles. The fourth-order valence-electron chi connectivity index (χ4n) is 5.03. The van der Waals surface area contributed by atoms with E-state index >= 15 is 0 Å². The van der Waals surface area contributed by atoms with Crippen molar-refractivity contribution in [2.24, 2.45) is 11.3 Å². The van der Waals surface area contributed by atoms with Crippen LogP contribution in [0.5, 0.6) is 5.75 Å². The zero-order chi connectivity index (χ0) is 14.6. The second kappa shape index (κ2) is 4.61. The fourth-order valence-corrected chi connectivity index (χ4v) is 5.03. The minimum atomic E-state index is -0.121. The standard InChI is InChI=1S/C19H24O2/c1-19-8-7-14(20)11-13(19)3-5-17-16-6-4-15(21-2)9-12(16)10-18(17)19/h3-4,6,9,14,17-18,20H,5,7-8,10-11H2,1-2H3/t14-,17+,18-,19-/m0/s1. The average molecular weight is 284 g/mol. The molecule has 0 amide bonds. The largest absolute Gasteiger partial charge is 0.497 e. The van der Waals surface area contributed by atoms with Gasteiger partial charge in [0.2, 0.25) is 0 Å². The number of methoxy groups -OCH3 is 1. The quantitative estimate of drug-likeness (QED) is 0.794. The molecule has 0 radical (unpaired) electrons. The van der Waals surface area contributed by atoms with Crippen LogP contribution >= 0.6 is 0 Å². The highest BCUT2D eigenvalue weighted by atomic mass is 16.5. The molecule has 2 nitrogen and oxygen atoms in total. The molecular formula is C19H24O2. The molecule has 1 fully saturated rings. The van der Waals surface area contributed by atoms with E-state index in [9.17, 15) is 5.11 Å². The lowest BCUT2D eigenvalue weighted by Crippen LogP contribution is -2.40. The fraction of sp³-hybridized carbons (Fsp3) is 0.579. The van der Waals surface area contributed by atoms with Gasteiger partial charge in [0.25, 0.3) is 0 Å². The van der Waals surface area contributed by atoms with Crippen LogP contribution in [-0.4, -0.2) is 18.3 Å². The topological polar surface area (TPSA) is 29.5 Å². The van der Waals surface area contributed by atoms with Crippen LogP contribution in [0.25, 0.3) is 0 Å². The zero-order valence-corrected chi connectivity index (χ0v) is 12.9. The summed E-state index contributed by atoms with van der Waals surface area (Å²) in [5, 5.41) is 9.99. The first kappa shape index (κ1) is 13.4. The number of aliphatic hydroxyl groups is 1. The van der Waals surface area contributed by atoms with Crippen molar-refractivity contribution in [3.8, 4) is 5.75 Å². The van der Waals surface area contributed by atoms with Crippen molar-refractivity contribution in [2.75, 3.05) is 7.11 Å². The number of ether oxygens (including phenoxy) is 1. The lowest BCUT2D eigenvalue weighted by atomic mass is 9.57. The Morgan fingerprint density at radius 3 is 2.95 bits per heavy atom. The van der Waals surface area contributed by atoms with Crippen LogP contribution in [0.3, 0.4) is 0 Å². The van der Waals surface area contributed by atoms with Gasteiger partial charge in [0, 0.05) is 0 Å². The molecular weight excluding hydrogens is 260 g/mol. The maximum Gasteiger partial charge on any atom is 0.119 e. The van der Waals surface area contributed by atoms with Gasteiger partial charge in [-0.15, -0.1) is 0 Å². The smallest absolute Gasteiger partial charge is 0.119 e. The van der Waals surface area contributed by atoms with E-state index in [0.29, 0.717) is 11.8 Å². The van der Waals surface area contributed by atoms with E-state index in [4.69, 9.17) is 4.74 Å². The summed E-state index contributed by atoms with van der Waals surface area (Å²) in [6, 6.07) is 6.61. The van der Waals surface area contributed by atoms with Gasteiger partial charge in [-0.3, -0.25) is 0 Å². The minimum Gasteiger partial charge on any atom is -0.497 e. The van der Waals surface area contributed by atoms with Gasteiger partial charge >= 0.3 is 0 Å². The molecule has 0 unspecified atom stereocenters. The number of fused-ring (bicyclic) bond motifs is 5. The molecule has 0 heterocycles. The Hall–Kier alpha value is -1.28. The molecule has 4 rings (SSSR count). The SMILES string of the molecule is COc1ccc2c(c1)C[C@H]1[C@@H]2CC=C2C[C@@H](O)CC[C@@]21C. The number of rotatable bonds is 1. The predicted molar refractivity (Wildman–Crippen MR) is 83.6 cm³/mol. The zero-order valence-electron chi connectivity index (χ0n) is 12.9. The summed E-state index contributed by atoms with van der Waals surface area (Å²) in [6.07, 6.45) is 7.60. The predicted octanol–water partition coefficient (Wildman–Crippen LogP) is 3.83. The van der Waals surface area contributed by atoms with Crippen molar-refractivity contribution in [1.82, 2.24) is 0 Å². The summed E-state index contributed by atoms with van der Waals surface area (Å²) in [5.74, 6) is 2.34. The Labute approximate surface area is 126 Å². The van der Waals surface area contributed by atoms with E-state index in [1.165, 1.54) is 23.1 Å². The summed E-state index contributed by atoms with van der Waals surface area (Å²) < 4.78 is 5.39. The van der Waals surface area contributed by atoms with E-state index < -0.39 is 0 Å². The Balaban J connectivity index is 1.72. The van der Waals surface area contributed by atoms with E-state index in [1.807, 2.05) is 0 Å². The van der Waals surface area contributed by atoms with Gasteiger partial charge in [0.15, 0.2) is 0 Å². The monoisotopic (exact) mass is 284 g/mol. The number of aliphatic hydroxyl groups excluding tert-OH is 1. The number of benzene rings is 1. The molecule has 3 aliphatic rings. The Morgan fingerprint density at radius 1 is 1.29 bits per heavy atom. The van der Waals surface area contributed by atoms with Crippen LogP contribution in [-0.2, 0) is 6.42 Å². The van der Waals surface area contributed by atoms with Crippen molar-refractivity contribution < 1.29 is 9.84 Å². The molecule has 1 aromatic carbocycles. The third kappa shape index (κ3) is 1.88. The van der Waals surface area contributed by atoms with Crippen LogP contribution in [0.2, 0.25) is 0 Å². The number of hydrogen-bond donors (Lipinski definition) is 1. The van der Waals surface area contributed by atoms with E-state index in [0.717, 1.165) is 31.4 Å². The summed E-state index contributed by atoms with van der Waals surface area (Å²) >= 11 is 0. The van der Waals surface area contributed by atoms with Crippen molar-refractivity contribution in [3.05, 3.63) is 41.0 Å². The third-order valence-corrected chi connectivity index (χ3v) is 6.30. The van der Waals surface area contributed by atoms with E-state index in [2.05, 4.69) is 31.2 Å². The van der Waals surface area contributed by atoms with Gasteiger partial charge in [-0.05, 0) is 72.6 Å². The third-order valence-electron chi connectivity index (χ3n) is 6.30. The van der Waals surface area contributed by atoms with Crippen LogP contribution < -0.4 is 4.74 Å². The molecule has 112 valence electrons. The summed E-state index contributed by atoms with van der Waals surface area (Å²) in [7, 11) is 1.74. The molecule has 1 N–H and O–H groups in total. The van der Waals surface area contributed by atoms with Crippen molar-refractivity contribution >= 4 is 0 Å². The molecule has 0 spiro atoms. The average Bonchev–Trinajstić information content (AvgIpc) is 2.87. The second-order valence-corrected chi connectivity index (χ2v) is 7.26. The lowest BCUT2D eigenvalue weighted by Gasteiger charge is -2.48. The van der Waals surface area contributed by atoms with Crippen molar-refractivity contribution in [3.63, 3.8) is 0 Å². The van der Waals surface area contributed by atoms with Gasteiger partial charge in [0.1, 0.15) is 5.75 Å². The summed E-state index contributed by atoms with van der Waals surface area (Å²) in [6.45, 7) is 2.44. The molecule has 0 saturated heterocycles. The normalized spacial score (nSPS) is 37.3. The molecule has 4 atom stereocenters. The minimum absolute atomic E-state index is 0.121. The van der Waals surface area contributed by atoms with Crippen molar-refractivity contribution in [1.29, 1.82) is 0 Å². The van der Waals surface area contributed by atoms with Crippen LogP contribution in [0, 0.1) is 11.3 Å². The van der Waals surface area contributed by atoms with Gasteiger partial charge in [0.05, 0.1) is 13.2 Å². The Kier molecular flexibility index (Phi) is 2.94. The highest BCUT2D eigenvalue weighted by Crippen LogP contribution is 2.59. The summed E-state index contributed by atoms with van der Waals surface area (Å²) in [5.41, 5.74) is 4.81. The number of allylic oxidation sites excluding steroid dienone is 1.